The smallest absolute Gasteiger partial charge is 0.251 e. The summed E-state index contributed by atoms with van der Waals surface area (Å²) in [7, 11) is 2.06. The van der Waals surface area contributed by atoms with Gasteiger partial charge in [0.15, 0.2) is 0 Å². The van der Waals surface area contributed by atoms with E-state index >= 15 is 0 Å². The lowest BCUT2D eigenvalue weighted by molar-refractivity contribution is -0.135. The molecule has 26 heavy (non-hydrogen) atoms. The lowest BCUT2D eigenvalue weighted by Crippen LogP contribution is -2.51. The molecular formula is C20H22BrN3O2. The lowest BCUT2D eigenvalue weighted by atomic mass is 10.0. The molecule has 0 spiro atoms. The predicted octanol–water partition coefficient (Wildman–Crippen LogP) is 2.69. The van der Waals surface area contributed by atoms with Crippen LogP contribution in [0.3, 0.4) is 0 Å². The highest BCUT2D eigenvalue weighted by Gasteiger charge is 2.30. The first-order chi connectivity index (χ1) is 12.5. The minimum Gasteiger partial charge on any atom is -0.343 e. The van der Waals surface area contributed by atoms with Crippen molar-refractivity contribution >= 4 is 27.7 Å². The number of likely N-dealkylation sites (N-methyl/N-ethyl adjacent to an activating group) is 1. The van der Waals surface area contributed by atoms with E-state index in [2.05, 4.69) is 33.2 Å². The van der Waals surface area contributed by atoms with Gasteiger partial charge >= 0.3 is 0 Å². The zero-order valence-corrected chi connectivity index (χ0v) is 16.3. The first kappa shape index (κ1) is 18.6. The number of hydrogen-bond donors (Lipinski definition) is 1. The Morgan fingerprint density at radius 1 is 1.12 bits per heavy atom. The standard InChI is InChI=1S/C20H22BrN3O2/c1-23-10-11-24(18(14-23)15-6-3-2-4-7-15)19(25)13-22-20(26)16-8-5-9-17(21)12-16/h2-9,12,18H,10-11,13-14H2,1H3,(H,22,26). The third-order valence-corrected chi connectivity index (χ3v) is 5.07. The molecule has 0 aromatic heterocycles. The second-order valence-electron chi connectivity index (χ2n) is 6.47. The summed E-state index contributed by atoms with van der Waals surface area (Å²) in [6.45, 7) is 2.27. The molecular weight excluding hydrogens is 394 g/mol. The van der Waals surface area contributed by atoms with Crippen molar-refractivity contribution in [2.75, 3.05) is 33.2 Å². The summed E-state index contributed by atoms with van der Waals surface area (Å²) in [5, 5.41) is 2.74. The maximum Gasteiger partial charge on any atom is 0.251 e. The fraction of sp³-hybridized carbons (Fsp3) is 0.300. The molecule has 1 saturated heterocycles. The van der Waals surface area contributed by atoms with E-state index in [1.807, 2.05) is 41.3 Å². The molecule has 1 aliphatic rings. The van der Waals surface area contributed by atoms with Gasteiger partial charge in [-0.1, -0.05) is 52.3 Å². The van der Waals surface area contributed by atoms with Crippen LogP contribution in [0.1, 0.15) is 22.0 Å². The van der Waals surface area contributed by atoms with Crippen LogP contribution >= 0.6 is 15.9 Å². The van der Waals surface area contributed by atoms with Crippen LogP contribution in [-0.2, 0) is 4.79 Å². The van der Waals surface area contributed by atoms with Crippen LogP contribution in [0.2, 0.25) is 0 Å². The van der Waals surface area contributed by atoms with Gasteiger partial charge in [-0.15, -0.1) is 0 Å². The molecule has 0 bridgehead atoms. The zero-order valence-electron chi connectivity index (χ0n) is 14.7. The van der Waals surface area contributed by atoms with Gasteiger partial charge < -0.3 is 15.1 Å². The number of nitrogens with one attached hydrogen (secondary N) is 1. The minimum absolute atomic E-state index is 0.00159. The number of benzene rings is 2. The monoisotopic (exact) mass is 415 g/mol. The van der Waals surface area contributed by atoms with E-state index in [4.69, 9.17) is 0 Å². The van der Waals surface area contributed by atoms with E-state index in [1.165, 1.54) is 0 Å². The van der Waals surface area contributed by atoms with Crippen molar-refractivity contribution in [3.05, 3.63) is 70.2 Å². The predicted molar refractivity (Wildman–Crippen MR) is 105 cm³/mol. The highest BCUT2D eigenvalue weighted by Crippen LogP contribution is 2.24. The summed E-state index contributed by atoms with van der Waals surface area (Å²) in [6, 6.07) is 17.2. The number of carbonyl (C=O) groups is 2. The Morgan fingerprint density at radius 2 is 1.88 bits per heavy atom. The first-order valence-electron chi connectivity index (χ1n) is 8.61. The van der Waals surface area contributed by atoms with Gasteiger partial charge in [-0.05, 0) is 30.8 Å². The van der Waals surface area contributed by atoms with E-state index in [9.17, 15) is 9.59 Å². The number of halogens is 1. The third-order valence-electron chi connectivity index (χ3n) is 4.58. The second-order valence-corrected chi connectivity index (χ2v) is 7.38. The van der Waals surface area contributed by atoms with Crippen LogP contribution in [0.25, 0.3) is 0 Å². The van der Waals surface area contributed by atoms with E-state index in [-0.39, 0.29) is 24.4 Å². The number of amides is 2. The fourth-order valence-electron chi connectivity index (χ4n) is 3.17. The van der Waals surface area contributed by atoms with Gasteiger partial charge in [-0.3, -0.25) is 9.59 Å². The van der Waals surface area contributed by atoms with E-state index < -0.39 is 0 Å². The van der Waals surface area contributed by atoms with Crippen molar-refractivity contribution < 1.29 is 9.59 Å². The molecule has 6 heteroatoms. The molecule has 1 atom stereocenters. The largest absolute Gasteiger partial charge is 0.343 e. The van der Waals surface area contributed by atoms with Crippen LogP contribution in [0, 0.1) is 0 Å². The highest BCUT2D eigenvalue weighted by atomic mass is 79.9. The summed E-state index contributed by atoms with van der Waals surface area (Å²) in [5.74, 6) is -0.305. The average Bonchev–Trinajstić information content (AvgIpc) is 2.66. The number of rotatable bonds is 4. The van der Waals surface area contributed by atoms with Crippen LogP contribution < -0.4 is 5.32 Å². The molecule has 0 saturated carbocycles. The van der Waals surface area contributed by atoms with Crippen LogP contribution in [0.4, 0.5) is 0 Å². The number of nitrogens with zero attached hydrogens (tertiary/aromatic N) is 2. The average molecular weight is 416 g/mol. The molecule has 1 fully saturated rings. The SMILES string of the molecule is CN1CCN(C(=O)CNC(=O)c2cccc(Br)c2)C(c2ccccc2)C1. The molecule has 1 aliphatic heterocycles. The topological polar surface area (TPSA) is 52.6 Å². The Kier molecular flexibility index (Phi) is 6.06. The van der Waals surface area contributed by atoms with Crippen molar-refractivity contribution in [3.63, 3.8) is 0 Å². The van der Waals surface area contributed by atoms with Gasteiger partial charge in [-0.2, -0.15) is 0 Å². The molecule has 1 heterocycles. The fourth-order valence-corrected chi connectivity index (χ4v) is 3.57. The lowest BCUT2D eigenvalue weighted by Gasteiger charge is -2.40. The maximum absolute atomic E-state index is 12.8. The van der Waals surface area contributed by atoms with Crippen molar-refractivity contribution in [3.8, 4) is 0 Å². The van der Waals surface area contributed by atoms with Crippen LogP contribution in [0.15, 0.2) is 59.1 Å². The normalized spacial score (nSPS) is 17.8. The Balaban J connectivity index is 1.66. The highest BCUT2D eigenvalue weighted by molar-refractivity contribution is 9.10. The van der Waals surface area contributed by atoms with Gasteiger partial charge in [0.25, 0.3) is 5.91 Å². The molecule has 0 radical (unpaired) electrons. The Hall–Kier alpha value is -2.18. The summed E-state index contributed by atoms with van der Waals surface area (Å²) >= 11 is 3.35. The van der Waals surface area contributed by atoms with Gasteiger partial charge in [-0.25, -0.2) is 0 Å². The Labute approximate surface area is 162 Å². The molecule has 2 aromatic carbocycles. The van der Waals surface area contributed by atoms with E-state index in [0.717, 1.165) is 23.1 Å². The van der Waals surface area contributed by atoms with E-state index in [0.29, 0.717) is 12.1 Å². The molecule has 1 unspecified atom stereocenters. The van der Waals surface area contributed by atoms with Crippen molar-refractivity contribution in [2.24, 2.45) is 0 Å². The first-order valence-corrected chi connectivity index (χ1v) is 9.40. The second kappa shape index (κ2) is 8.47. The zero-order chi connectivity index (χ0) is 18.5. The summed E-state index contributed by atoms with van der Waals surface area (Å²) < 4.78 is 0.833. The molecule has 136 valence electrons. The summed E-state index contributed by atoms with van der Waals surface area (Å²) in [6.07, 6.45) is 0. The number of piperazine rings is 1. The number of carbonyl (C=O) groups excluding carboxylic acids is 2. The van der Waals surface area contributed by atoms with Gasteiger partial charge in [0.1, 0.15) is 0 Å². The molecule has 0 aliphatic carbocycles. The maximum atomic E-state index is 12.8. The van der Waals surface area contributed by atoms with Gasteiger partial charge in [0, 0.05) is 29.7 Å². The van der Waals surface area contributed by atoms with E-state index in [1.54, 1.807) is 18.2 Å². The van der Waals surface area contributed by atoms with Crippen molar-refractivity contribution in [2.45, 2.75) is 6.04 Å². The van der Waals surface area contributed by atoms with Crippen molar-refractivity contribution in [1.29, 1.82) is 0 Å². The minimum atomic E-state index is -0.245. The molecule has 2 amide bonds. The van der Waals surface area contributed by atoms with Gasteiger partial charge in [0.05, 0.1) is 12.6 Å². The Morgan fingerprint density at radius 3 is 2.62 bits per heavy atom. The molecule has 1 N–H and O–H groups in total. The van der Waals surface area contributed by atoms with Crippen LogP contribution in [0.5, 0.6) is 0 Å². The number of hydrogen-bond acceptors (Lipinski definition) is 3. The molecule has 3 rings (SSSR count). The molecule has 2 aromatic rings. The quantitative estimate of drug-likeness (QED) is 0.834. The third kappa shape index (κ3) is 4.51. The van der Waals surface area contributed by atoms with Gasteiger partial charge in [0.2, 0.25) is 5.91 Å². The van der Waals surface area contributed by atoms with Crippen LogP contribution in [-0.4, -0.2) is 54.8 Å². The Bertz CT molecular complexity index is 782. The summed E-state index contributed by atoms with van der Waals surface area (Å²) in [5.41, 5.74) is 1.65. The summed E-state index contributed by atoms with van der Waals surface area (Å²) in [4.78, 5) is 29.1. The molecule has 5 nitrogen and oxygen atoms in total. The van der Waals surface area contributed by atoms with Crippen molar-refractivity contribution in [1.82, 2.24) is 15.1 Å².